The van der Waals surface area contributed by atoms with E-state index in [-0.39, 0.29) is 0 Å². The topological polar surface area (TPSA) is 88.1 Å². The molecule has 0 aliphatic carbocycles. The number of halogens is 1. The third-order valence-electron chi connectivity index (χ3n) is 2.63. The van der Waals surface area contributed by atoms with E-state index in [1.54, 1.807) is 47.6 Å². The number of allylic oxidation sites excluding steroid dienone is 1. The minimum Gasteiger partial charge on any atom is -0.438 e. The van der Waals surface area contributed by atoms with Crippen LogP contribution in [0.3, 0.4) is 0 Å². The summed E-state index contributed by atoms with van der Waals surface area (Å²) in [5, 5.41) is 0.668. The van der Waals surface area contributed by atoms with Crippen LogP contribution < -0.4 is 0 Å². The average Bonchev–Trinajstić information content (AvgIpc) is 2.45. The summed E-state index contributed by atoms with van der Waals surface area (Å²) < 4.78 is 32.7. The molecule has 146 valence electrons. The van der Waals surface area contributed by atoms with Gasteiger partial charge in [-0.15, -0.1) is 0 Å². The number of esters is 2. The van der Waals surface area contributed by atoms with E-state index in [1.807, 2.05) is 0 Å². The molecule has 0 spiro atoms. The molecule has 7 nitrogen and oxygen atoms in total. The van der Waals surface area contributed by atoms with Gasteiger partial charge in [-0.3, -0.25) is 23.2 Å². The Labute approximate surface area is 158 Å². The predicted octanol–water partition coefficient (Wildman–Crippen LogP) is 4.61. The molecule has 25 heavy (non-hydrogen) atoms. The van der Waals surface area contributed by atoms with Crippen molar-refractivity contribution >= 4 is 35.5 Å². The fraction of sp³-hybridized carbons (Fsp3) is 0.750. The highest BCUT2D eigenvalue weighted by molar-refractivity contribution is 9.09. The normalized spacial score (nSPS) is 13.1. The smallest absolute Gasteiger partial charge is 0.359 e. The fourth-order valence-corrected chi connectivity index (χ4v) is 2.45. The first-order chi connectivity index (χ1) is 11.3. The van der Waals surface area contributed by atoms with Crippen LogP contribution in [0.25, 0.3) is 0 Å². The lowest BCUT2D eigenvalue weighted by atomic mass is 9.98. The summed E-state index contributed by atoms with van der Waals surface area (Å²) in [4.78, 5) is 23.4. The zero-order valence-corrected chi connectivity index (χ0v) is 18.1. The van der Waals surface area contributed by atoms with Crippen LogP contribution in [0.1, 0.15) is 48.0 Å². The second kappa shape index (κ2) is 10.5. The molecule has 9 heteroatoms. The van der Waals surface area contributed by atoms with Crippen LogP contribution in [0, 0.1) is 10.8 Å². The van der Waals surface area contributed by atoms with Crippen LogP contribution in [0.4, 0.5) is 0 Å². The molecule has 0 heterocycles. The largest absolute Gasteiger partial charge is 0.438 e. The van der Waals surface area contributed by atoms with E-state index in [0.717, 1.165) is 0 Å². The summed E-state index contributed by atoms with van der Waals surface area (Å²) in [6, 6.07) is 0. The van der Waals surface area contributed by atoms with Crippen LogP contribution in [0.2, 0.25) is 0 Å². The van der Waals surface area contributed by atoms with Gasteiger partial charge in [-0.1, -0.05) is 22.0 Å². The van der Waals surface area contributed by atoms with Gasteiger partial charge in [0.1, 0.15) is 0 Å². The van der Waals surface area contributed by atoms with Gasteiger partial charge in [0.15, 0.2) is 0 Å². The van der Waals surface area contributed by atoms with E-state index in [0.29, 0.717) is 11.8 Å². The van der Waals surface area contributed by atoms with E-state index in [1.165, 1.54) is 5.82 Å². The summed E-state index contributed by atoms with van der Waals surface area (Å²) in [5.74, 6) is 0.259. The highest BCUT2D eigenvalue weighted by Crippen LogP contribution is 2.50. The lowest BCUT2D eigenvalue weighted by Gasteiger charge is -2.20. The SMILES string of the molecule is CC(C)(C)C(=O)OCOP(=O)(/C=C/CCBr)OCOC(=O)C(C)(C)C. The second-order valence-corrected chi connectivity index (χ2v) is 9.95. The maximum Gasteiger partial charge on any atom is 0.359 e. The van der Waals surface area contributed by atoms with Gasteiger partial charge in [0.05, 0.1) is 10.8 Å². The van der Waals surface area contributed by atoms with Crippen molar-refractivity contribution < 1.29 is 32.7 Å². The fourth-order valence-electron chi connectivity index (χ4n) is 1.13. The lowest BCUT2D eigenvalue weighted by molar-refractivity contribution is -0.161. The molecule has 0 aromatic carbocycles. The number of alkyl halides is 1. The summed E-state index contributed by atoms with van der Waals surface area (Å²) in [6.45, 7) is 9.07. The molecule has 0 aliphatic heterocycles. The van der Waals surface area contributed by atoms with Gasteiger partial charge in [0.2, 0.25) is 13.6 Å². The first-order valence-electron chi connectivity index (χ1n) is 7.79. The summed E-state index contributed by atoms with van der Waals surface area (Å²) >= 11 is 3.24. The summed E-state index contributed by atoms with van der Waals surface area (Å²) in [6.07, 6.45) is 2.20. The zero-order valence-electron chi connectivity index (χ0n) is 15.7. The Kier molecular flexibility index (Phi) is 10.2. The van der Waals surface area contributed by atoms with Gasteiger partial charge in [0, 0.05) is 11.1 Å². The van der Waals surface area contributed by atoms with Crippen molar-refractivity contribution in [2.45, 2.75) is 48.0 Å². The van der Waals surface area contributed by atoms with Crippen LogP contribution in [0.5, 0.6) is 0 Å². The first kappa shape index (κ1) is 24.3. The Bertz CT molecular complexity index is 482. The van der Waals surface area contributed by atoms with Crippen molar-refractivity contribution in [3.8, 4) is 0 Å². The first-order valence-corrected chi connectivity index (χ1v) is 10.5. The number of carbonyl (C=O) groups excluding carboxylic acids is 2. The molecule has 0 N–H and O–H groups in total. The quantitative estimate of drug-likeness (QED) is 0.223. The highest BCUT2D eigenvalue weighted by Gasteiger charge is 2.28. The molecule has 0 radical (unpaired) electrons. The van der Waals surface area contributed by atoms with Crippen molar-refractivity contribution in [3.05, 3.63) is 11.9 Å². The van der Waals surface area contributed by atoms with E-state index in [9.17, 15) is 14.2 Å². The van der Waals surface area contributed by atoms with Crippen molar-refractivity contribution in [1.29, 1.82) is 0 Å². The van der Waals surface area contributed by atoms with E-state index < -0.39 is 44.0 Å². The Morgan fingerprint density at radius 1 is 0.920 bits per heavy atom. The maximum absolute atomic E-state index is 12.6. The summed E-state index contributed by atoms with van der Waals surface area (Å²) in [7, 11) is -3.72. The second-order valence-electron chi connectivity index (χ2n) is 7.26. The third-order valence-corrected chi connectivity index (χ3v) is 4.60. The van der Waals surface area contributed by atoms with Crippen molar-refractivity contribution in [1.82, 2.24) is 0 Å². The minimum atomic E-state index is -3.72. The molecule has 0 bridgehead atoms. The lowest BCUT2D eigenvalue weighted by Crippen LogP contribution is -2.24. The molecular weight excluding hydrogens is 415 g/mol. The van der Waals surface area contributed by atoms with Gasteiger partial charge in [-0.25, -0.2) is 0 Å². The molecule has 0 aliphatic rings. The number of rotatable bonds is 9. The number of hydrogen-bond acceptors (Lipinski definition) is 7. The average molecular weight is 443 g/mol. The van der Waals surface area contributed by atoms with Crippen molar-refractivity contribution in [3.63, 3.8) is 0 Å². The Balaban J connectivity index is 4.71. The van der Waals surface area contributed by atoms with Crippen molar-refractivity contribution in [2.75, 3.05) is 18.9 Å². The molecule has 0 rings (SSSR count). The van der Waals surface area contributed by atoms with Crippen LogP contribution in [-0.2, 0) is 32.7 Å². The maximum atomic E-state index is 12.6. The number of carbonyl (C=O) groups is 2. The standard InChI is InChI=1S/C16H28BrO7P/c1-15(2,3)13(18)21-11-23-25(20,10-8-7-9-17)24-12-22-14(19)16(4,5)6/h8,10H,7,9,11-12H2,1-6H3/b10-8+. The molecule has 0 aromatic heterocycles. The van der Waals surface area contributed by atoms with E-state index in [2.05, 4.69) is 15.9 Å². The molecule has 0 atom stereocenters. The van der Waals surface area contributed by atoms with Crippen LogP contribution >= 0.6 is 23.5 Å². The molecule has 0 saturated heterocycles. The van der Waals surface area contributed by atoms with E-state index in [4.69, 9.17) is 18.5 Å². The molecule has 0 aromatic rings. The van der Waals surface area contributed by atoms with Crippen molar-refractivity contribution in [2.24, 2.45) is 10.8 Å². The number of ether oxygens (including phenoxy) is 2. The van der Waals surface area contributed by atoms with E-state index >= 15 is 0 Å². The number of hydrogen-bond donors (Lipinski definition) is 0. The van der Waals surface area contributed by atoms with Gasteiger partial charge in [-0.05, 0) is 48.0 Å². The Hall–Kier alpha value is -0.690. The predicted molar refractivity (Wildman–Crippen MR) is 98.2 cm³/mol. The molecule has 0 fully saturated rings. The van der Waals surface area contributed by atoms with Crippen LogP contribution in [0.15, 0.2) is 11.9 Å². The molecular formula is C16H28BrO7P. The zero-order chi connectivity index (χ0) is 19.7. The highest BCUT2D eigenvalue weighted by atomic mass is 79.9. The van der Waals surface area contributed by atoms with Gasteiger partial charge >= 0.3 is 19.5 Å². The monoisotopic (exact) mass is 442 g/mol. The Morgan fingerprint density at radius 3 is 1.64 bits per heavy atom. The minimum absolute atomic E-state index is 0.498. The van der Waals surface area contributed by atoms with Gasteiger partial charge in [-0.2, -0.15) is 0 Å². The summed E-state index contributed by atoms with van der Waals surface area (Å²) in [5.41, 5.74) is -1.41. The van der Waals surface area contributed by atoms with Crippen LogP contribution in [-0.4, -0.2) is 30.9 Å². The third kappa shape index (κ3) is 10.8. The Morgan fingerprint density at radius 2 is 1.32 bits per heavy atom. The van der Waals surface area contributed by atoms with Gasteiger partial charge in [0.25, 0.3) is 0 Å². The molecule has 0 unspecified atom stereocenters. The van der Waals surface area contributed by atoms with Gasteiger partial charge < -0.3 is 9.47 Å². The molecule has 0 saturated carbocycles. The molecule has 0 amide bonds.